The topological polar surface area (TPSA) is 42.2 Å². The van der Waals surface area contributed by atoms with E-state index in [9.17, 15) is 4.79 Å². The number of furan rings is 1. The van der Waals surface area contributed by atoms with Gasteiger partial charge in [0.2, 0.25) is 0 Å². The van der Waals surface area contributed by atoms with E-state index in [-0.39, 0.29) is 5.91 Å². The first-order valence-electron chi connectivity index (χ1n) is 8.83. The fourth-order valence-corrected chi connectivity index (χ4v) is 2.69. The lowest BCUT2D eigenvalue weighted by molar-refractivity contribution is -0.115. The number of unbranched alkanes of at least 4 members (excludes halogenated alkanes) is 1. The molecule has 1 atom stereocenters. The van der Waals surface area contributed by atoms with Crippen molar-refractivity contribution in [1.29, 1.82) is 0 Å². The second-order valence-electron chi connectivity index (χ2n) is 6.07. The Labute approximate surface area is 144 Å². The van der Waals surface area contributed by atoms with Crippen molar-refractivity contribution in [2.24, 2.45) is 5.92 Å². The van der Waals surface area contributed by atoms with Crippen LogP contribution in [0.4, 0.5) is 0 Å². The second-order valence-corrected chi connectivity index (χ2v) is 6.07. The van der Waals surface area contributed by atoms with E-state index in [1.807, 2.05) is 42.5 Å². The molecule has 1 amide bonds. The molecular formula is C21H27NO2. The van der Waals surface area contributed by atoms with Crippen molar-refractivity contribution in [2.75, 3.05) is 6.54 Å². The third kappa shape index (κ3) is 5.41. The summed E-state index contributed by atoms with van der Waals surface area (Å²) < 4.78 is 5.38. The largest absolute Gasteiger partial charge is 0.465 e. The van der Waals surface area contributed by atoms with Crippen LogP contribution in [0, 0.1) is 5.92 Å². The van der Waals surface area contributed by atoms with Gasteiger partial charge in [0.25, 0.3) is 5.91 Å². The minimum atomic E-state index is -0.0486. The van der Waals surface area contributed by atoms with Crippen LogP contribution in [0.25, 0.3) is 11.6 Å². The number of amides is 1. The number of hydrogen-bond acceptors (Lipinski definition) is 2. The number of benzene rings is 1. The van der Waals surface area contributed by atoms with Crippen LogP contribution in [0.5, 0.6) is 0 Å². The van der Waals surface area contributed by atoms with Crippen molar-refractivity contribution in [3.05, 3.63) is 60.1 Å². The van der Waals surface area contributed by atoms with E-state index in [0.29, 0.717) is 17.3 Å². The van der Waals surface area contributed by atoms with Crippen LogP contribution in [0.1, 0.15) is 50.9 Å². The molecule has 2 aromatic rings. The maximum Gasteiger partial charge on any atom is 0.252 e. The summed E-state index contributed by atoms with van der Waals surface area (Å²) in [4.78, 5) is 12.7. The van der Waals surface area contributed by atoms with Gasteiger partial charge in [-0.05, 0) is 36.1 Å². The van der Waals surface area contributed by atoms with Crippen molar-refractivity contribution < 1.29 is 9.21 Å². The molecule has 1 N–H and O–H groups in total. The Morgan fingerprint density at radius 2 is 1.96 bits per heavy atom. The molecule has 0 fully saturated rings. The number of nitrogens with one attached hydrogen (secondary N) is 1. The van der Waals surface area contributed by atoms with Crippen molar-refractivity contribution in [1.82, 2.24) is 5.32 Å². The van der Waals surface area contributed by atoms with E-state index in [2.05, 4.69) is 19.2 Å². The highest BCUT2D eigenvalue weighted by atomic mass is 16.3. The van der Waals surface area contributed by atoms with E-state index in [4.69, 9.17) is 4.42 Å². The van der Waals surface area contributed by atoms with E-state index < -0.39 is 0 Å². The Bertz CT molecular complexity index is 629. The molecule has 0 aliphatic rings. The van der Waals surface area contributed by atoms with E-state index >= 15 is 0 Å². The monoisotopic (exact) mass is 325 g/mol. The van der Waals surface area contributed by atoms with Gasteiger partial charge in [0, 0.05) is 6.54 Å². The maximum atomic E-state index is 12.7. The predicted molar refractivity (Wildman–Crippen MR) is 99.3 cm³/mol. The van der Waals surface area contributed by atoms with Gasteiger partial charge in [-0.2, -0.15) is 0 Å². The molecule has 1 aromatic carbocycles. The average molecular weight is 325 g/mol. The van der Waals surface area contributed by atoms with Crippen LogP contribution >= 0.6 is 0 Å². The molecule has 1 aromatic heterocycles. The third-order valence-corrected chi connectivity index (χ3v) is 4.25. The molecule has 1 heterocycles. The summed E-state index contributed by atoms with van der Waals surface area (Å²) in [6, 6.07) is 13.4. The number of carbonyl (C=O) groups excluding carboxylic acids is 1. The second kappa shape index (κ2) is 9.76. The van der Waals surface area contributed by atoms with Gasteiger partial charge in [0.15, 0.2) is 0 Å². The maximum absolute atomic E-state index is 12.7. The summed E-state index contributed by atoms with van der Waals surface area (Å²) in [5, 5.41) is 3.10. The molecule has 24 heavy (non-hydrogen) atoms. The zero-order valence-electron chi connectivity index (χ0n) is 14.6. The molecule has 3 nitrogen and oxygen atoms in total. The first-order chi connectivity index (χ1) is 11.7. The summed E-state index contributed by atoms with van der Waals surface area (Å²) in [5.41, 5.74) is 1.53. The zero-order chi connectivity index (χ0) is 17.2. The summed E-state index contributed by atoms with van der Waals surface area (Å²) in [7, 11) is 0. The van der Waals surface area contributed by atoms with E-state index in [1.54, 1.807) is 12.3 Å². The molecule has 128 valence electrons. The summed E-state index contributed by atoms with van der Waals surface area (Å²) in [5.74, 6) is 1.17. The van der Waals surface area contributed by atoms with Crippen LogP contribution in [-0.2, 0) is 4.79 Å². The number of rotatable bonds is 9. The number of hydrogen-bond donors (Lipinski definition) is 1. The Morgan fingerprint density at radius 3 is 2.58 bits per heavy atom. The normalized spacial score (nSPS) is 12.8. The Balaban J connectivity index is 2.11. The zero-order valence-corrected chi connectivity index (χ0v) is 14.6. The SMILES string of the molecule is CCCC[C@@H](CC)CNC(=O)/C(=C/c1ccco1)c1ccccc1. The fourth-order valence-electron chi connectivity index (χ4n) is 2.69. The summed E-state index contributed by atoms with van der Waals surface area (Å²) >= 11 is 0. The predicted octanol–water partition coefficient (Wildman–Crippen LogP) is 5.15. The molecule has 0 aliphatic carbocycles. The molecule has 0 radical (unpaired) electrons. The van der Waals surface area contributed by atoms with Gasteiger partial charge in [-0.1, -0.05) is 63.4 Å². The standard InChI is InChI=1S/C21H27NO2/c1-3-5-10-17(4-2)16-22-21(23)20(15-19-13-9-14-24-19)18-11-7-6-8-12-18/h6-9,11-15,17H,3-5,10,16H2,1-2H3,(H,22,23)/b20-15+/t17-/m1/s1. The Kier molecular flexibility index (Phi) is 7.34. The number of carbonyl (C=O) groups is 1. The van der Waals surface area contributed by atoms with Crippen LogP contribution in [0.2, 0.25) is 0 Å². The van der Waals surface area contributed by atoms with Crippen LogP contribution in [0.15, 0.2) is 53.1 Å². The minimum Gasteiger partial charge on any atom is -0.465 e. The van der Waals surface area contributed by atoms with Crippen molar-refractivity contribution in [3.8, 4) is 0 Å². The molecule has 0 saturated heterocycles. The lowest BCUT2D eigenvalue weighted by atomic mass is 9.98. The average Bonchev–Trinajstić information content (AvgIpc) is 3.13. The summed E-state index contributed by atoms with van der Waals surface area (Å²) in [6.07, 6.45) is 8.07. The van der Waals surface area contributed by atoms with E-state index in [0.717, 1.165) is 24.9 Å². The van der Waals surface area contributed by atoms with Crippen LogP contribution in [0.3, 0.4) is 0 Å². The Hall–Kier alpha value is -2.29. The summed E-state index contributed by atoms with van der Waals surface area (Å²) in [6.45, 7) is 5.10. The van der Waals surface area contributed by atoms with Crippen molar-refractivity contribution in [2.45, 2.75) is 39.5 Å². The van der Waals surface area contributed by atoms with Gasteiger partial charge >= 0.3 is 0 Å². The molecule has 0 aliphatic heterocycles. The molecule has 0 bridgehead atoms. The highest BCUT2D eigenvalue weighted by Gasteiger charge is 2.14. The fraction of sp³-hybridized carbons (Fsp3) is 0.381. The lowest BCUT2D eigenvalue weighted by Crippen LogP contribution is -2.29. The highest BCUT2D eigenvalue weighted by Crippen LogP contribution is 2.19. The smallest absolute Gasteiger partial charge is 0.252 e. The van der Waals surface area contributed by atoms with E-state index in [1.165, 1.54) is 12.8 Å². The quantitative estimate of drug-likeness (QED) is 0.648. The van der Waals surface area contributed by atoms with Gasteiger partial charge in [0.05, 0.1) is 11.8 Å². The van der Waals surface area contributed by atoms with Crippen molar-refractivity contribution >= 4 is 17.6 Å². The molecule has 0 spiro atoms. The third-order valence-electron chi connectivity index (χ3n) is 4.25. The van der Waals surface area contributed by atoms with Gasteiger partial charge in [-0.3, -0.25) is 4.79 Å². The van der Waals surface area contributed by atoms with Gasteiger partial charge in [-0.25, -0.2) is 0 Å². The highest BCUT2D eigenvalue weighted by molar-refractivity contribution is 6.24. The van der Waals surface area contributed by atoms with Crippen LogP contribution < -0.4 is 5.32 Å². The van der Waals surface area contributed by atoms with Crippen molar-refractivity contribution in [3.63, 3.8) is 0 Å². The molecule has 3 heteroatoms. The van der Waals surface area contributed by atoms with Gasteiger partial charge in [-0.15, -0.1) is 0 Å². The molecule has 0 saturated carbocycles. The van der Waals surface area contributed by atoms with Crippen LogP contribution in [-0.4, -0.2) is 12.5 Å². The molecular weight excluding hydrogens is 298 g/mol. The minimum absolute atomic E-state index is 0.0486. The van der Waals surface area contributed by atoms with Gasteiger partial charge < -0.3 is 9.73 Å². The first kappa shape index (κ1) is 18.1. The molecule has 0 unspecified atom stereocenters. The Morgan fingerprint density at radius 1 is 1.17 bits per heavy atom. The first-order valence-corrected chi connectivity index (χ1v) is 8.83. The van der Waals surface area contributed by atoms with Gasteiger partial charge in [0.1, 0.15) is 5.76 Å². The molecule has 2 rings (SSSR count). The lowest BCUT2D eigenvalue weighted by Gasteiger charge is -2.16.